The van der Waals surface area contributed by atoms with Crippen molar-refractivity contribution in [2.24, 2.45) is 0 Å². The lowest BCUT2D eigenvalue weighted by Gasteiger charge is -2.47. The van der Waals surface area contributed by atoms with Crippen molar-refractivity contribution >= 4 is 50.3 Å². The summed E-state index contributed by atoms with van der Waals surface area (Å²) in [6, 6.07) is 14.9. The highest BCUT2D eigenvalue weighted by Gasteiger charge is 2.49. The fourth-order valence-electron chi connectivity index (χ4n) is 4.65. The molecule has 0 unspecified atom stereocenters. The van der Waals surface area contributed by atoms with Crippen LogP contribution in [0.1, 0.15) is 26.2 Å². The van der Waals surface area contributed by atoms with Gasteiger partial charge < -0.3 is 4.90 Å². The highest BCUT2D eigenvalue weighted by atomic mass is 35.5. The van der Waals surface area contributed by atoms with Crippen LogP contribution in [0, 0.1) is 0 Å². The lowest BCUT2D eigenvalue weighted by atomic mass is 10.0. The Morgan fingerprint density at radius 3 is 2.31 bits per heavy atom. The molecule has 0 atom stereocenters. The van der Waals surface area contributed by atoms with E-state index in [4.69, 9.17) is 11.6 Å². The monoisotopic (exact) mass is 493 g/mol. The number of anilines is 1. The van der Waals surface area contributed by atoms with E-state index >= 15 is 0 Å². The minimum absolute atomic E-state index is 0. The predicted molar refractivity (Wildman–Crippen MR) is 135 cm³/mol. The van der Waals surface area contributed by atoms with Gasteiger partial charge in [0.1, 0.15) is 4.87 Å². The number of hydrogen-bond donors (Lipinski definition) is 0. The highest BCUT2D eigenvalue weighted by molar-refractivity contribution is 7.92. The van der Waals surface area contributed by atoms with E-state index in [9.17, 15) is 8.42 Å². The van der Waals surface area contributed by atoms with Gasteiger partial charge in [0.25, 0.3) is 0 Å². The van der Waals surface area contributed by atoms with Crippen molar-refractivity contribution in [1.29, 1.82) is 0 Å². The van der Waals surface area contributed by atoms with Gasteiger partial charge in [0.05, 0.1) is 4.90 Å². The molecular weight excluding hydrogens is 465 g/mol. The molecule has 0 bridgehead atoms. The van der Waals surface area contributed by atoms with E-state index < -0.39 is 14.7 Å². The van der Waals surface area contributed by atoms with Crippen molar-refractivity contribution in [3.05, 3.63) is 65.9 Å². The van der Waals surface area contributed by atoms with E-state index in [-0.39, 0.29) is 12.4 Å². The summed E-state index contributed by atoms with van der Waals surface area (Å²) < 4.78 is 28.2. The van der Waals surface area contributed by atoms with Crippen LogP contribution in [0.4, 0.5) is 5.69 Å². The SMILES string of the molecule is CCCN(C)C1(S(=O)(=O)c2ccc3cc(Cl)ccc3c2)CCN(c2ccncc2)CC1.Cl. The molecule has 4 rings (SSSR count). The summed E-state index contributed by atoms with van der Waals surface area (Å²) in [7, 11) is -1.65. The maximum atomic E-state index is 14.1. The lowest BCUT2D eigenvalue weighted by Crippen LogP contribution is -2.58. The highest BCUT2D eigenvalue weighted by Crippen LogP contribution is 2.39. The Morgan fingerprint density at radius 1 is 1.03 bits per heavy atom. The second kappa shape index (κ2) is 9.96. The molecule has 2 heterocycles. The Hall–Kier alpha value is -1.86. The number of fused-ring (bicyclic) bond motifs is 1. The van der Waals surface area contributed by atoms with Crippen molar-refractivity contribution in [3.63, 3.8) is 0 Å². The molecule has 1 aromatic heterocycles. The second-order valence-electron chi connectivity index (χ2n) is 8.22. The van der Waals surface area contributed by atoms with Crippen molar-refractivity contribution in [3.8, 4) is 0 Å². The molecular formula is C24H29Cl2N3O2S. The van der Waals surface area contributed by atoms with Crippen LogP contribution in [0.5, 0.6) is 0 Å². The van der Waals surface area contributed by atoms with Crippen LogP contribution in [-0.4, -0.2) is 49.9 Å². The third-order valence-corrected chi connectivity index (χ3v) is 9.24. The number of nitrogens with zero attached hydrogens (tertiary/aromatic N) is 3. The summed E-state index contributed by atoms with van der Waals surface area (Å²) in [6.07, 6.45) is 5.55. The first-order chi connectivity index (χ1) is 14.9. The molecule has 5 nitrogen and oxygen atoms in total. The van der Waals surface area contributed by atoms with Crippen LogP contribution in [-0.2, 0) is 9.84 Å². The van der Waals surface area contributed by atoms with E-state index in [2.05, 4.69) is 21.7 Å². The van der Waals surface area contributed by atoms with E-state index in [1.54, 1.807) is 30.6 Å². The lowest BCUT2D eigenvalue weighted by molar-refractivity contribution is 0.164. The Morgan fingerprint density at radius 2 is 1.66 bits per heavy atom. The molecule has 0 radical (unpaired) electrons. The van der Waals surface area contributed by atoms with Crippen molar-refractivity contribution in [2.45, 2.75) is 36.0 Å². The number of pyridine rings is 1. The zero-order valence-electron chi connectivity index (χ0n) is 18.4. The van der Waals surface area contributed by atoms with E-state index in [1.807, 2.05) is 37.4 Å². The minimum Gasteiger partial charge on any atom is -0.371 e. The number of rotatable bonds is 6. The van der Waals surface area contributed by atoms with Gasteiger partial charge in [-0.05, 0) is 80.0 Å². The van der Waals surface area contributed by atoms with Crippen LogP contribution >= 0.6 is 24.0 Å². The van der Waals surface area contributed by atoms with Gasteiger partial charge in [0.2, 0.25) is 0 Å². The quantitative estimate of drug-likeness (QED) is 0.458. The molecule has 0 N–H and O–H groups in total. The molecule has 1 fully saturated rings. The smallest absolute Gasteiger partial charge is 0.197 e. The van der Waals surface area contributed by atoms with Crippen molar-refractivity contribution < 1.29 is 8.42 Å². The normalized spacial score (nSPS) is 16.2. The Bertz CT molecular complexity index is 1160. The molecule has 1 saturated heterocycles. The van der Waals surface area contributed by atoms with Crippen LogP contribution in [0.25, 0.3) is 10.8 Å². The number of piperidine rings is 1. The average Bonchev–Trinajstić information content (AvgIpc) is 2.79. The van der Waals surface area contributed by atoms with Gasteiger partial charge in [-0.25, -0.2) is 8.42 Å². The van der Waals surface area contributed by atoms with E-state index in [1.165, 1.54) is 0 Å². The number of benzene rings is 2. The third-order valence-electron chi connectivity index (χ3n) is 6.41. The fourth-order valence-corrected chi connectivity index (χ4v) is 7.02. The van der Waals surface area contributed by atoms with Gasteiger partial charge in [-0.2, -0.15) is 0 Å². The molecule has 0 spiro atoms. The first-order valence-electron chi connectivity index (χ1n) is 10.7. The van der Waals surface area contributed by atoms with Crippen molar-refractivity contribution in [2.75, 3.05) is 31.6 Å². The van der Waals surface area contributed by atoms with Gasteiger partial charge in [-0.3, -0.25) is 9.88 Å². The summed E-state index contributed by atoms with van der Waals surface area (Å²) in [5.74, 6) is 0. The number of halogens is 2. The number of hydrogen-bond acceptors (Lipinski definition) is 5. The average molecular weight is 494 g/mol. The summed E-state index contributed by atoms with van der Waals surface area (Å²) in [5, 5.41) is 2.47. The number of aromatic nitrogens is 1. The van der Waals surface area contributed by atoms with E-state index in [0.29, 0.717) is 35.8 Å². The Balaban J connectivity index is 0.00000289. The standard InChI is InChI=1S/C24H28ClN3O2S.ClH/c1-3-14-27(2)24(10-15-28(16-11-24)22-8-12-26-13-9-22)31(29,30)23-7-5-19-17-21(25)6-4-20(19)18-23;/h4-9,12-13,17-18H,3,10-11,14-16H2,1-2H3;1H. The number of sulfone groups is 1. The fraction of sp³-hybridized carbons (Fsp3) is 0.375. The first-order valence-corrected chi connectivity index (χ1v) is 12.5. The minimum atomic E-state index is -3.60. The van der Waals surface area contributed by atoms with E-state index in [0.717, 1.165) is 29.4 Å². The largest absolute Gasteiger partial charge is 0.371 e. The van der Waals surface area contributed by atoms with Crippen LogP contribution < -0.4 is 4.90 Å². The summed E-state index contributed by atoms with van der Waals surface area (Å²) in [4.78, 5) is 7.85. The molecule has 1 aliphatic heterocycles. The molecule has 32 heavy (non-hydrogen) atoms. The molecule has 0 saturated carbocycles. The Labute approximate surface area is 201 Å². The summed E-state index contributed by atoms with van der Waals surface area (Å²) in [5.41, 5.74) is 1.08. The zero-order valence-corrected chi connectivity index (χ0v) is 20.8. The maximum Gasteiger partial charge on any atom is 0.197 e. The zero-order chi connectivity index (χ0) is 22.1. The molecule has 8 heteroatoms. The van der Waals surface area contributed by atoms with Crippen molar-refractivity contribution in [1.82, 2.24) is 9.88 Å². The van der Waals surface area contributed by atoms with Gasteiger partial charge in [0, 0.05) is 36.2 Å². The second-order valence-corrected chi connectivity index (χ2v) is 10.9. The molecule has 1 aliphatic rings. The predicted octanol–water partition coefficient (Wildman–Crippen LogP) is 5.42. The third kappa shape index (κ3) is 4.46. The molecule has 2 aromatic carbocycles. The van der Waals surface area contributed by atoms with Crippen LogP contribution in [0.2, 0.25) is 5.02 Å². The topological polar surface area (TPSA) is 53.5 Å². The molecule has 0 amide bonds. The summed E-state index contributed by atoms with van der Waals surface area (Å²) in [6.45, 7) is 4.18. The van der Waals surface area contributed by atoms with Crippen LogP contribution in [0.3, 0.4) is 0 Å². The first kappa shape index (κ1) is 24.8. The van der Waals surface area contributed by atoms with Gasteiger partial charge in [-0.15, -0.1) is 12.4 Å². The summed E-state index contributed by atoms with van der Waals surface area (Å²) >= 11 is 6.10. The van der Waals surface area contributed by atoms with Gasteiger partial charge in [0.15, 0.2) is 9.84 Å². The van der Waals surface area contributed by atoms with Crippen LogP contribution in [0.15, 0.2) is 65.8 Å². The maximum absolute atomic E-state index is 14.1. The molecule has 0 aliphatic carbocycles. The molecule has 3 aromatic rings. The van der Waals surface area contributed by atoms with Gasteiger partial charge in [-0.1, -0.05) is 30.7 Å². The molecule has 172 valence electrons. The Kier molecular flexibility index (Phi) is 7.71. The van der Waals surface area contributed by atoms with Gasteiger partial charge >= 0.3 is 0 Å².